The Labute approximate surface area is 128 Å². The van der Waals surface area contributed by atoms with Gasteiger partial charge in [0.1, 0.15) is 0 Å². The minimum atomic E-state index is -4.19. The molecule has 3 nitrogen and oxygen atoms in total. The van der Waals surface area contributed by atoms with Crippen LogP contribution in [0.25, 0.3) is 0 Å². The van der Waals surface area contributed by atoms with Crippen LogP contribution in [-0.2, 0) is 4.79 Å². The Kier molecular flexibility index (Phi) is 5.11. The van der Waals surface area contributed by atoms with Crippen LogP contribution in [-0.4, -0.2) is 34.6 Å². The van der Waals surface area contributed by atoms with Crippen LogP contribution in [0.5, 0.6) is 0 Å². The van der Waals surface area contributed by atoms with Crippen LogP contribution in [0.3, 0.4) is 0 Å². The van der Waals surface area contributed by atoms with Crippen molar-refractivity contribution in [2.45, 2.75) is 57.2 Å². The molecule has 1 amide bonds. The number of hydrogen-bond donors (Lipinski definition) is 1. The standard InChI is InChI=1S/C14H21F3N2OS/c15-14(16,17)10-3-1-2-9(8-10)13(20)19(11-4-5-11)7-6-12(18)21/h9-11H,1-8H2,(H2,18,21). The van der Waals surface area contributed by atoms with Crippen LogP contribution in [0.15, 0.2) is 0 Å². The van der Waals surface area contributed by atoms with E-state index in [4.69, 9.17) is 18.0 Å². The molecular formula is C14H21F3N2OS. The van der Waals surface area contributed by atoms with Crippen LogP contribution in [0, 0.1) is 11.8 Å². The van der Waals surface area contributed by atoms with E-state index in [1.165, 1.54) is 0 Å². The van der Waals surface area contributed by atoms with E-state index < -0.39 is 18.0 Å². The highest BCUT2D eigenvalue weighted by Gasteiger charge is 2.45. The Balaban J connectivity index is 1.97. The van der Waals surface area contributed by atoms with Gasteiger partial charge in [-0.25, -0.2) is 0 Å². The predicted molar refractivity (Wildman–Crippen MR) is 77.6 cm³/mol. The van der Waals surface area contributed by atoms with E-state index in [1.54, 1.807) is 4.90 Å². The largest absolute Gasteiger partial charge is 0.393 e. The van der Waals surface area contributed by atoms with Gasteiger partial charge in [-0.2, -0.15) is 13.2 Å². The summed E-state index contributed by atoms with van der Waals surface area (Å²) in [6.07, 6.45) is -0.801. The van der Waals surface area contributed by atoms with E-state index in [9.17, 15) is 18.0 Å². The molecule has 0 radical (unpaired) electrons. The molecule has 120 valence electrons. The fourth-order valence-corrected chi connectivity index (χ4v) is 3.13. The number of carbonyl (C=O) groups excluding carboxylic acids is 1. The van der Waals surface area contributed by atoms with E-state index >= 15 is 0 Å². The van der Waals surface area contributed by atoms with Gasteiger partial charge >= 0.3 is 6.18 Å². The van der Waals surface area contributed by atoms with E-state index in [0.717, 1.165) is 12.8 Å². The van der Waals surface area contributed by atoms with Gasteiger partial charge in [-0.05, 0) is 32.1 Å². The number of hydrogen-bond acceptors (Lipinski definition) is 2. The molecule has 0 saturated heterocycles. The third-order valence-corrected chi connectivity index (χ3v) is 4.56. The molecule has 2 aliphatic carbocycles. The van der Waals surface area contributed by atoms with Crippen LogP contribution in [0.2, 0.25) is 0 Å². The fourth-order valence-electron chi connectivity index (χ4n) is 3.04. The van der Waals surface area contributed by atoms with Crippen molar-refractivity contribution in [1.29, 1.82) is 0 Å². The van der Waals surface area contributed by atoms with Crippen LogP contribution in [0.1, 0.15) is 44.9 Å². The second-order valence-electron chi connectivity index (χ2n) is 6.08. The number of halogens is 3. The molecule has 2 unspecified atom stereocenters. The smallest absolute Gasteiger partial charge is 0.391 e. The predicted octanol–water partition coefficient (Wildman–Crippen LogP) is 3.02. The van der Waals surface area contributed by atoms with Gasteiger partial charge in [-0.1, -0.05) is 18.6 Å². The van der Waals surface area contributed by atoms with Crippen LogP contribution in [0.4, 0.5) is 13.2 Å². The molecule has 0 bridgehead atoms. The van der Waals surface area contributed by atoms with E-state index in [2.05, 4.69) is 0 Å². The van der Waals surface area contributed by atoms with Crippen molar-refractivity contribution in [2.24, 2.45) is 17.6 Å². The van der Waals surface area contributed by atoms with Gasteiger partial charge in [0.15, 0.2) is 0 Å². The van der Waals surface area contributed by atoms with Gasteiger partial charge in [-0.3, -0.25) is 4.79 Å². The quantitative estimate of drug-likeness (QED) is 0.792. The lowest BCUT2D eigenvalue weighted by Crippen LogP contribution is -2.42. The van der Waals surface area contributed by atoms with E-state index in [0.29, 0.717) is 30.8 Å². The highest BCUT2D eigenvalue weighted by molar-refractivity contribution is 7.80. The summed E-state index contributed by atoms with van der Waals surface area (Å²) in [6.45, 7) is 0.437. The molecule has 2 fully saturated rings. The van der Waals surface area contributed by atoms with Crippen LogP contribution < -0.4 is 5.73 Å². The summed E-state index contributed by atoms with van der Waals surface area (Å²) in [5.74, 6) is -1.98. The van der Waals surface area contributed by atoms with Crippen molar-refractivity contribution in [3.63, 3.8) is 0 Å². The number of alkyl halides is 3. The lowest BCUT2D eigenvalue weighted by molar-refractivity contribution is -0.187. The molecule has 2 N–H and O–H groups in total. The van der Waals surface area contributed by atoms with Gasteiger partial charge in [-0.15, -0.1) is 0 Å². The van der Waals surface area contributed by atoms with Crippen molar-refractivity contribution in [2.75, 3.05) is 6.54 Å². The first-order valence-electron chi connectivity index (χ1n) is 7.44. The van der Waals surface area contributed by atoms with Crippen molar-refractivity contribution in [3.8, 4) is 0 Å². The monoisotopic (exact) mass is 322 g/mol. The molecule has 0 heterocycles. The SMILES string of the molecule is NC(=S)CCN(C(=O)C1CCCC(C(F)(F)F)C1)C1CC1. The first-order chi connectivity index (χ1) is 9.79. The molecule has 7 heteroatoms. The molecule has 2 saturated carbocycles. The second-order valence-corrected chi connectivity index (χ2v) is 6.61. The Morgan fingerprint density at radius 1 is 1.24 bits per heavy atom. The Morgan fingerprint density at radius 3 is 2.43 bits per heavy atom. The molecule has 2 atom stereocenters. The molecule has 0 aromatic heterocycles. The van der Waals surface area contributed by atoms with Crippen molar-refractivity contribution in [1.82, 2.24) is 4.90 Å². The number of carbonyl (C=O) groups is 1. The molecule has 2 rings (SSSR count). The Bertz CT molecular complexity index is 410. The first-order valence-corrected chi connectivity index (χ1v) is 7.85. The lowest BCUT2D eigenvalue weighted by atomic mass is 9.80. The number of nitrogens with zero attached hydrogens (tertiary/aromatic N) is 1. The maximum absolute atomic E-state index is 12.8. The summed E-state index contributed by atoms with van der Waals surface area (Å²) >= 11 is 4.82. The summed E-state index contributed by atoms with van der Waals surface area (Å²) in [5.41, 5.74) is 5.46. The fraction of sp³-hybridized carbons (Fsp3) is 0.857. The topological polar surface area (TPSA) is 46.3 Å². The molecular weight excluding hydrogens is 301 g/mol. The van der Waals surface area contributed by atoms with E-state index in [1.807, 2.05) is 0 Å². The molecule has 21 heavy (non-hydrogen) atoms. The zero-order chi connectivity index (χ0) is 15.6. The molecule has 0 aromatic rings. The number of thiocarbonyl (C=S) groups is 1. The zero-order valence-electron chi connectivity index (χ0n) is 11.9. The van der Waals surface area contributed by atoms with Gasteiger partial charge in [0, 0.05) is 24.9 Å². The van der Waals surface area contributed by atoms with Crippen molar-refractivity contribution in [3.05, 3.63) is 0 Å². The molecule has 0 aliphatic heterocycles. The van der Waals surface area contributed by atoms with Gasteiger partial charge in [0.25, 0.3) is 0 Å². The minimum Gasteiger partial charge on any atom is -0.393 e. The highest BCUT2D eigenvalue weighted by Crippen LogP contribution is 2.41. The number of amides is 1. The van der Waals surface area contributed by atoms with Crippen molar-refractivity contribution >= 4 is 23.1 Å². The second kappa shape index (κ2) is 6.50. The summed E-state index contributed by atoms with van der Waals surface area (Å²) in [6, 6.07) is 0.179. The molecule has 2 aliphatic rings. The van der Waals surface area contributed by atoms with Gasteiger partial charge in [0.2, 0.25) is 5.91 Å². The maximum Gasteiger partial charge on any atom is 0.391 e. The summed E-state index contributed by atoms with van der Waals surface area (Å²) in [7, 11) is 0. The molecule has 0 aromatic carbocycles. The van der Waals surface area contributed by atoms with Gasteiger partial charge < -0.3 is 10.6 Å². The molecule has 0 spiro atoms. The summed E-state index contributed by atoms with van der Waals surface area (Å²) < 4.78 is 38.5. The zero-order valence-corrected chi connectivity index (χ0v) is 12.7. The van der Waals surface area contributed by atoms with E-state index in [-0.39, 0.29) is 24.8 Å². The van der Waals surface area contributed by atoms with Crippen LogP contribution >= 0.6 is 12.2 Å². The lowest BCUT2D eigenvalue weighted by Gasteiger charge is -2.33. The minimum absolute atomic E-state index is 0.0708. The van der Waals surface area contributed by atoms with Crippen molar-refractivity contribution < 1.29 is 18.0 Å². The third-order valence-electron chi connectivity index (χ3n) is 4.36. The Hall–Kier alpha value is -0.850. The third kappa shape index (κ3) is 4.56. The number of nitrogens with two attached hydrogens (primary N) is 1. The number of rotatable bonds is 5. The first kappa shape index (κ1) is 16.5. The average molecular weight is 322 g/mol. The maximum atomic E-state index is 12.8. The highest BCUT2D eigenvalue weighted by atomic mass is 32.1. The summed E-state index contributed by atoms with van der Waals surface area (Å²) in [5, 5.41) is 0. The normalized spacial score (nSPS) is 26.4. The average Bonchev–Trinajstić information content (AvgIpc) is 3.22. The van der Waals surface area contributed by atoms with Gasteiger partial charge in [0.05, 0.1) is 10.9 Å². The Morgan fingerprint density at radius 2 is 1.90 bits per heavy atom. The summed E-state index contributed by atoms with van der Waals surface area (Å²) in [4.78, 5) is 14.6.